The number of hydrogen-bond donors (Lipinski definition) is 2. The zero-order valence-corrected chi connectivity index (χ0v) is 12.2. The Morgan fingerprint density at radius 1 is 1.26 bits per heavy atom. The van der Waals surface area contributed by atoms with Gasteiger partial charge in [-0.25, -0.2) is 4.39 Å². The number of benzene rings is 2. The highest BCUT2D eigenvalue weighted by atomic mass is 79.9. The molecule has 0 spiro atoms. The first kappa shape index (κ1) is 13.7. The van der Waals surface area contributed by atoms with Gasteiger partial charge in [-0.1, -0.05) is 0 Å². The number of ether oxygens (including phenoxy) is 1. The summed E-state index contributed by atoms with van der Waals surface area (Å²) in [7, 11) is 1.63. The molecule has 0 amide bonds. The largest absolute Gasteiger partial charge is 0.496 e. The van der Waals surface area contributed by atoms with Crippen molar-refractivity contribution in [2.24, 2.45) is 0 Å². The maximum atomic E-state index is 13.3. The SMILES string of the molecule is COc1ccc(Nc2cc(Br)c(F)cc2N)cc1C. The normalized spacial score (nSPS) is 10.3. The minimum Gasteiger partial charge on any atom is -0.496 e. The summed E-state index contributed by atoms with van der Waals surface area (Å²) >= 11 is 3.14. The zero-order chi connectivity index (χ0) is 14.0. The van der Waals surface area contributed by atoms with Crippen LogP contribution >= 0.6 is 15.9 Å². The number of nitrogens with one attached hydrogen (secondary N) is 1. The molecule has 3 nitrogen and oxygen atoms in total. The van der Waals surface area contributed by atoms with Gasteiger partial charge >= 0.3 is 0 Å². The van der Waals surface area contributed by atoms with Crippen molar-refractivity contribution < 1.29 is 9.13 Å². The number of hydrogen-bond acceptors (Lipinski definition) is 3. The maximum absolute atomic E-state index is 13.3. The third kappa shape index (κ3) is 2.98. The molecule has 0 radical (unpaired) electrons. The van der Waals surface area contributed by atoms with Crippen molar-refractivity contribution in [2.75, 3.05) is 18.2 Å². The summed E-state index contributed by atoms with van der Waals surface area (Å²) in [6, 6.07) is 8.58. The van der Waals surface area contributed by atoms with Crippen molar-refractivity contribution >= 4 is 33.0 Å². The van der Waals surface area contributed by atoms with E-state index in [1.54, 1.807) is 13.2 Å². The van der Waals surface area contributed by atoms with Crippen LogP contribution in [0.1, 0.15) is 5.56 Å². The number of anilines is 3. The van der Waals surface area contributed by atoms with E-state index in [0.717, 1.165) is 17.0 Å². The Hall–Kier alpha value is -1.75. The van der Waals surface area contributed by atoms with E-state index in [2.05, 4.69) is 21.2 Å². The van der Waals surface area contributed by atoms with Gasteiger partial charge in [0.25, 0.3) is 0 Å². The van der Waals surface area contributed by atoms with Crippen LogP contribution in [0.5, 0.6) is 5.75 Å². The lowest BCUT2D eigenvalue weighted by molar-refractivity contribution is 0.412. The first-order valence-corrected chi connectivity index (χ1v) is 6.46. The fourth-order valence-corrected chi connectivity index (χ4v) is 2.13. The van der Waals surface area contributed by atoms with Gasteiger partial charge in [-0.15, -0.1) is 0 Å². The second-order valence-corrected chi connectivity index (χ2v) is 5.02. The predicted molar refractivity (Wildman–Crippen MR) is 79.5 cm³/mol. The van der Waals surface area contributed by atoms with Crippen molar-refractivity contribution in [3.8, 4) is 5.75 Å². The first-order chi connectivity index (χ1) is 9.01. The Morgan fingerprint density at radius 2 is 2.00 bits per heavy atom. The number of aryl methyl sites for hydroxylation is 1. The third-order valence-electron chi connectivity index (χ3n) is 2.77. The molecule has 0 bridgehead atoms. The lowest BCUT2D eigenvalue weighted by Gasteiger charge is -2.12. The van der Waals surface area contributed by atoms with Crippen molar-refractivity contribution in [1.29, 1.82) is 0 Å². The summed E-state index contributed by atoms with van der Waals surface area (Å²) in [6.07, 6.45) is 0. The van der Waals surface area contributed by atoms with Crippen LogP contribution in [0.3, 0.4) is 0 Å². The van der Waals surface area contributed by atoms with Gasteiger partial charge in [0.2, 0.25) is 0 Å². The lowest BCUT2D eigenvalue weighted by Crippen LogP contribution is -1.98. The first-order valence-electron chi connectivity index (χ1n) is 5.67. The smallest absolute Gasteiger partial charge is 0.139 e. The molecule has 5 heteroatoms. The van der Waals surface area contributed by atoms with Gasteiger partial charge in [0.05, 0.1) is 23.0 Å². The standard InChI is InChI=1S/C14H14BrFN2O/c1-8-5-9(3-4-14(8)19-2)18-13-6-10(15)11(16)7-12(13)17/h3-7,18H,17H2,1-2H3. The number of nitrogens with two attached hydrogens (primary N) is 1. The van der Waals surface area contributed by atoms with Gasteiger partial charge in [-0.2, -0.15) is 0 Å². The molecule has 0 fully saturated rings. The van der Waals surface area contributed by atoms with Gasteiger partial charge < -0.3 is 15.8 Å². The van der Waals surface area contributed by atoms with Gasteiger partial charge in [0.15, 0.2) is 0 Å². The van der Waals surface area contributed by atoms with Crippen LogP contribution in [0.15, 0.2) is 34.8 Å². The Bertz CT molecular complexity index is 617. The van der Waals surface area contributed by atoms with Gasteiger partial charge in [-0.3, -0.25) is 0 Å². The molecule has 0 aliphatic heterocycles. The Labute approximate surface area is 119 Å². The molecule has 0 atom stereocenters. The quantitative estimate of drug-likeness (QED) is 0.830. The molecule has 0 aromatic heterocycles. The van der Waals surface area contributed by atoms with Crippen LogP contribution in [-0.4, -0.2) is 7.11 Å². The topological polar surface area (TPSA) is 47.3 Å². The molecule has 100 valence electrons. The predicted octanol–water partition coefficient (Wildman–Crippen LogP) is 4.23. The maximum Gasteiger partial charge on any atom is 0.139 e. The third-order valence-corrected chi connectivity index (χ3v) is 3.37. The summed E-state index contributed by atoms with van der Waals surface area (Å²) in [5.74, 6) is 0.438. The van der Waals surface area contributed by atoms with Crippen molar-refractivity contribution in [2.45, 2.75) is 6.92 Å². The van der Waals surface area contributed by atoms with E-state index >= 15 is 0 Å². The summed E-state index contributed by atoms with van der Waals surface area (Å²) in [6.45, 7) is 1.95. The summed E-state index contributed by atoms with van der Waals surface area (Å²) in [5.41, 5.74) is 8.66. The second-order valence-electron chi connectivity index (χ2n) is 4.16. The van der Waals surface area contributed by atoms with Crippen LogP contribution in [0.2, 0.25) is 0 Å². The Morgan fingerprint density at radius 3 is 2.63 bits per heavy atom. The molecule has 2 aromatic carbocycles. The van der Waals surface area contributed by atoms with Crippen molar-refractivity contribution in [3.05, 3.63) is 46.2 Å². The number of methoxy groups -OCH3 is 1. The molecular formula is C14H14BrFN2O. The molecule has 0 unspecified atom stereocenters. The molecule has 19 heavy (non-hydrogen) atoms. The number of halogens is 2. The van der Waals surface area contributed by atoms with E-state index in [0.29, 0.717) is 15.8 Å². The lowest BCUT2D eigenvalue weighted by atomic mass is 10.2. The summed E-state index contributed by atoms with van der Waals surface area (Å²) < 4.78 is 18.9. The highest BCUT2D eigenvalue weighted by Gasteiger charge is 2.07. The monoisotopic (exact) mass is 324 g/mol. The molecule has 2 rings (SSSR count). The molecule has 3 N–H and O–H groups in total. The molecule has 2 aromatic rings. The molecule has 0 aliphatic carbocycles. The minimum atomic E-state index is -0.381. The second kappa shape index (κ2) is 5.48. The average Bonchev–Trinajstić information content (AvgIpc) is 2.36. The highest BCUT2D eigenvalue weighted by Crippen LogP contribution is 2.30. The molecule has 0 heterocycles. The number of rotatable bonds is 3. The number of nitrogen functional groups attached to an aromatic ring is 1. The highest BCUT2D eigenvalue weighted by molar-refractivity contribution is 9.10. The van der Waals surface area contributed by atoms with E-state index in [1.807, 2.05) is 25.1 Å². The van der Waals surface area contributed by atoms with E-state index in [1.165, 1.54) is 6.07 Å². The van der Waals surface area contributed by atoms with Crippen LogP contribution in [0.4, 0.5) is 21.5 Å². The van der Waals surface area contributed by atoms with Crippen LogP contribution < -0.4 is 15.8 Å². The van der Waals surface area contributed by atoms with E-state index < -0.39 is 0 Å². The zero-order valence-electron chi connectivity index (χ0n) is 10.6. The fourth-order valence-electron chi connectivity index (χ4n) is 1.78. The van der Waals surface area contributed by atoms with E-state index in [9.17, 15) is 4.39 Å². The van der Waals surface area contributed by atoms with E-state index in [-0.39, 0.29) is 5.82 Å². The fraction of sp³-hybridized carbons (Fsp3) is 0.143. The van der Waals surface area contributed by atoms with Gasteiger partial charge in [-0.05, 0) is 52.7 Å². The molecule has 0 saturated heterocycles. The Kier molecular flexibility index (Phi) is 3.95. The van der Waals surface area contributed by atoms with Gasteiger partial charge in [0, 0.05) is 11.8 Å². The van der Waals surface area contributed by atoms with Crippen molar-refractivity contribution in [3.63, 3.8) is 0 Å². The Balaban J connectivity index is 2.31. The van der Waals surface area contributed by atoms with E-state index in [4.69, 9.17) is 10.5 Å². The molecular weight excluding hydrogens is 311 g/mol. The summed E-state index contributed by atoms with van der Waals surface area (Å²) in [4.78, 5) is 0. The van der Waals surface area contributed by atoms with Crippen LogP contribution in [0.25, 0.3) is 0 Å². The molecule has 0 aliphatic rings. The van der Waals surface area contributed by atoms with Crippen LogP contribution in [-0.2, 0) is 0 Å². The minimum absolute atomic E-state index is 0.356. The summed E-state index contributed by atoms with van der Waals surface area (Å²) in [5, 5.41) is 3.16. The van der Waals surface area contributed by atoms with Gasteiger partial charge in [0.1, 0.15) is 11.6 Å². The van der Waals surface area contributed by atoms with Crippen molar-refractivity contribution in [1.82, 2.24) is 0 Å². The van der Waals surface area contributed by atoms with Crippen LogP contribution in [0, 0.1) is 12.7 Å². The molecule has 0 saturated carbocycles. The average molecular weight is 325 g/mol.